The van der Waals surface area contributed by atoms with Crippen molar-refractivity contribution in [1.29, 1.82) is 0 Å². The van der Waals surface area contributed by atoms with Gasteiger partial charge in [-0.25, -0.2) is 0 Å². The number of benzene rings is 1. The first-order valence-electron chi connectivity index (χ1n) is 8.34. The van der Waals surface area contributed by atoms with Crippen LogP contribution in [0.25, 0.3) is 0 Å². The fourth-order valence-corrected chi connectivity index (χ4v) is 4.10. The molecule has 0 spiro atoms. The van der Waals surface area contributed by atoms with E-state index in [-0.39, 0.29) is 11.9 Å². The molecule has 0 aromatic heterocycles. The Labute approximate surface area is 156 Å². The topological polar surface area (TPSA) is 23.6 Å². The Hall–Kier alpha value is -0.390. The zero-order valence-electron chi connectivity index (χ0n) is 14.0. The van der Waals surface area contributed by atoms with E-state index >= 15 is 0 Å². The Balaban J connectivity index is 2.37. The first-order chi connectivity index (χ1) is 11.0. The summed E-state index contributed by atoms with van der Waals surface area (Å²) in [6, 6.07) is 8.80. The van der Waals surface area contributed by atoms with Crippen LogP contribution in [0.1, 0.15) is 38.5 Å². The molecule has 5 heteroatoms. The van der Waals surface area contributed by atoms with Crippen molar-refractivity contribution in [3.63, 3.8) is 0 Å². The van der Waals surface area contributed by atoms with Crippen LogP contribution in [0.4, 0.5) is 5.69 Å². The molecule has 0 heterocycles. The highest BCUT2D eigenvalue weighted by atomic mass is 79.9. The van der Waals surface area contributed by atoms with Crippen molar-refractivity contribution in [2.24, 2.45) is 0 Å². The SMILES string of the molecule is CN(C)C1CCCCCC1N(C(=O)CCBr)c1ccc(Br)cc1. The number of anilines is 1. The van der Waals surface area contributed by atoms with E-state index in [2.05, 4.69) is 55.8 Å². The third kappa shape index (κ3) is 5.04. The lowest BCUT2D eigenvalue weighted by molar-refractivity contribution is -0.119. The van der Waals surface area contributed by atoms with Gasteiger partial charge in [0.15, 0.2) is 0 Å². The number of hydrogen-bond acceptors (Lipinski definition) is 2. The van der Waals surface area contributed by atoms with Gasteiger partial charge in [-0.3, -0.25) is 4.79 Å². The lowest BCUT2D eigenvalue weighted by atomic mass is 9.98. The maximum absolute atomic E-state index is 12.9. The van der Waals surface area contributed by atoms with Crippen molar-refractivity contribution in [3.05, 3.63) is 28.7 Å². The Bertz CT molecular complexity index is 504. The molecule has 1 fully saturated rings. The monoisotopic (exact) mass is 444 g/mol. The lowest BCUT2D eigenvalue weighted by Crippen LogP contribution is -2.52. The predicted molar refractivity (Wildman–Crippen MR) is 104 cm³/mol. The summed E-state index contributed by atoms with van der Waals surface area (Å²) in [5, 5.41) is 0.707. The second kappa shape index (κ2) is 9.19. The van der Waals surface area contributed by atoms with Gasteiger partial charge >= 0.3 is 0 Å². The summed E-state index contributed by atoms with van der Waals surface area (Å²) in [4.78, 5) is 17.2. The molecule has 0 N–H and O–H groups in total. The zero-order chi connectivity index (χ0) is 16.8. The summed E-state index contributed by atoms with van der Waals surface area (Å²) >= 11 is 6.91. The predicted octanol–water partition coefficient (Wildman–Crippen LogP) is 4.83. The normalized spacial score (nSPS) is 22.0. The molecule has 1 saturated carbocycles. The summed E-state index contributed by atoms with van der Waals surface area (Å²) < 4.78 is 1.04. The number of nitrogens with zero attached hydrogens (tertiary/aromatic N) is 2. The largest absolute Gasteiger partial charge is 0.308 e. The number of carbonyl (C=O) groups is 1. The Morgan fingerprint density at radius 1 is 1.09 bits per heavy atom. The number of rotatable bonds is 5. The molecule has 2 unspecified atom stereocenters. The molecule has 128 valence electrons. The summed E-state index contributed by atoms with van der Waals surface area (Å²) in [6.45, 7) is 0. The zero-order valence-corrected chi connectivity index (χ0v) is 17.1. The molecule has 0 saturated heterocycles. The highest BCUT2D eigenvalue weighted by Crippen LogP contribution is 2.30. The molecule has 1 amide bonds. The first kappa shape index (κ1) is 18.9. The van der Waals surface area contributed by atoms with Gasteiger partial charge in [0.1, 0.15) is 0 Å². The third-order valence-electron chi connectivity index (χ3n) is 4.62. The second-order valence-electron chi connectivity index (χ2n) is 6.42. The maximum Gasteiger partial charge on any atom is 0.228 e. The van der Waals surface area contributed by atoms with E-state index in [0.717, 1.165) is 23.0 Å². The van der Waals surface area contributed by atoms with E-state index in [1.54, 1.807) is 0 Å². The molecular formula is C18H26Br2N2O. The van der Waals surface area contributed by atoms with Crippen LogP contribution in [-0.4, -0.2) is 42.3 Å². The fraction of sp³-hybridized carbons (Fsp3) is 0.611. The van der Waals surface area contributed by atoms with Crippen LogP contribution >= 0.6 is 31.9 Å². The van der Waals surface area contributed by atoms with Gasteiger partial charge in [-0.15, -0.1) is 0 Å². The molecule has 1 aromatic rings. The molecule has 0 bridgehead atoms. The average molecular weight is 446 g/mol. The molecule has 3 nitrogen and oxygen atoms in total. The van der Waals surface area contributed by atoms with Crippen LogP contribution in [0.15, 0.2) is 28.7 Å². The van der Waals surface area contributed by atoms with Crippen molar-refractivity contribution in [3.8, 4) is 0 Å². The maximum atomic E-state index is 12.9. The highest BCUT2D eigenvalue weighted by molar-refractivity contribution is 9.10. The highest BCUT2D eigenvalue weighted by Gasteiger charge is 2.33. The smallest absolute Gasteiger partial charge is 0.228 e. The standard InChI is InChI=1S/C18H26Br2N2O/c1-21(2)16-6-4-3-5-7-17(16)22(18(23)12-13-19)15-10-8-14(20)9-11-15/h8-11,16-17H,3-7,12-13H2,1-2H3. The van der Waals surface area contributed by atoms with Crippen molar-refractivity contribution in [2.75, 3.05) is 24.3 Å². The van der Waals surface area contributed by atoms with E-state index in [1.165, 1.54) is 19.3 Å². The van der Waals surface area contributed by atoms with Crippen molar-refractivity contribution < 1.29 is 4.79 Å². The minimum absolute atomic E-state index is 0.211. The Morgan fingerprint density at radius 3 is 2.26 bits per heavy atom. The molecule has 2 atom stereocenters. The van der Waals surface area contributed by atoms with Crippen molar-refractivity contribution in [1.82, 2.24) is 4.90 Å². The number of halogens is 2. The fourth-order valence-electron chi connectivity index (χ4n) is 3.50. The van der Waals surface area contributed by atoms with Crippen LogP contribution in [-0.2, 0) is 4.79 Å². The summed E-state index contributed by atoms with van der Waals surface area (Å²) in [5.74, 6) is 0.211. The van der Waals surface area contributed by atoms with E-state index in [0.29, 0.717) is 17.8 Å². The minimum atomic E-state index is 0.211. The van der Waals surface area contributed by atoms with Crippen LogP contribution in [0.5, 0.6) is 0 Å². The quantitative estimate of drug-likeness (QED) is 0.478. The van der Waals surface area contributed by atoms with E-state index in [1.807, 2.05) is 24.3 Å². The van der Waals surface area contributed by atoms with Crippen LogP contribution < -0.4 is 4.90 Å². The third-order valence-corrected chi connectivity index (χ3v) is 5.55. The number of carbonyl (C=O) groups excluding carboxylic acids is 1. The van der Waals surface area contributed by atoms with Crippen LogP contribution in [0.3, 0.4) is 0 Å². The lowest BCUT2D eigenvalue weighted by Gasteiger charge is -2.39. The molecular weight excluding hydrogens is 420 g/mol. The molecule has 2 rings (SSSR count). The molecule has 1 aromatic carbocycles. The Morgan fingerprint density at radius 2 is 1.70 bits per heavy atom. The van der Waals surface area contributed by atoms with Gasteiger partial charge in [-0.1, -0.05) is 51.1 Å². The van der Waals surface area contributed by atoms with Crippen LogP contribution in [0.2, 0.25) is 0 Å². The number of alkyl halides is 1. The minimum Gasteiger partial charge on any atom is -0.308 e. The Kier molecular flexibility index (Phi) is 7.57. The molecule has 23 heavy (non-hydrogen) atoms. The second-order valence-corrected chi connectivity index (χ2v) is 8.12. The average Bonchev–Trinajstić information content (AvgIpc) is 2.76. The van der Waals surface area contributed by atoms with Gasteiger partial charge in [-0.05, 0) is 51.2 Å². The number of likely N-dealkylation sites (N-methyl/N-ethyl adjacent to an activating group) is 1. The molecule has 0 aliphatic heterocycles. The summed E-state index contributed by atoms with van der Waals surface area (Å²) in [7, 11) is 4.27. The van der Waals surface area contributed by atoms with Gasteiger partial charge in [0.2, 0.25) is 5.91 Å². The van der Waals surface area contributed by atoms with Gasteiger partial charge in [0.25, 0.3) is 0 Å². The molecule has 1 aliphatic carbocycles. The van der Waals surface area contributed by atoms with Crippen molar-refractivity contribution in [2.45, 2.75) is 50.6 Å². The number of hydrogen-bond donors (Lipinski definition) is 0. The first-order valence-corrected chi connectivity index (χ1v) is 10.3. The summed E-state index contributed by atoms with van der Waals surface area (Å²) in [5.41, 5.74) is 1.01. The molecule has 0 radical (unpaired) electrons. The van der Waals surface area contributed by atoms with Gasteiger partial charge in [0.05, 0.1) is 6.04 Å². The van der Waals surface area contributed by atoms with E-state index in [9.17, 15) is 4.79 Å². The summed E-state index contributed by atoms with van der Waals surface area (Å²) in [6.07, 6.45) is 6.48. The van der Waals surface area contributed by atoms with Gasteiger partial charge in [-0.2, -0.15) is 0 Å². The van der Waals surface area contributed by atoms with E-state index < -0.39 is 0 Å². The van der Waals surface area contributed by atoms with Gasteiger partial charge in [0, 0.05) is 28.0 Å². The van der Waals surface area contributed by atoms with Crippen LogP contribution in [0, 0.1) is 0 Å². The number of amides is 1. The van der Waals surface area contributed by atoms with Crippen molar-refractivity contribution >= 4 is 43.5 Å². The van der Waals surface area contributed by atoms with E-state index in [4.69, 9.17) is 0 Å². The van der Waals surface area contributed by atoms with Gasteiger partial charge < -0.3 is 9.80 Å². The molecule has 1 aliphatic rings.